The Bertz CT molecular complexity index is 749. The van der Waals surface area contributed by atoms with Crippen LogP contribution in [0, 0.1) is 6.92 Å². The largest absolute Gasteiger partial charge is 0.377 e. The number of hydrogen-bond acceptors (Lipinski definition) is 4. The van der Waals surface area contributed by atoms with Crippen molar-refractivity contribution in [3.63, 3.8) is 0 Å². The highest BCUT2D eigenvalue weighted by Crippen LogP contribution is 2.21. The first-order valence-electron chi connectivity index (χ1n) is 9.75. The number of nitrogens with one attached hydrogen (secondary N) is 2. The van der Waals surface area contributed by atoms with Crippen LogP contribution >= 0.6 is 24.0 Å². The summed E-state index contributed by atoms with van der Waals surface area (Å²) >= 11 is 0. The highest BCUT2D eigenvalue weighted by atomic mass is 127. The third kappa shape index (κ3) is 6.39. The van der Waals surface area contributed by atoms with Crippen LogP contribution in [-0.2, 0) is 25.9 Å². The molecule has 0 spiro atoms. The van der Waals surface area contributed by atoms with E-state index in [9.17, 15) is 0 Å². The molecule has 0 fully saturated rings. The summed E-state index contributed by atoms with van der Waals surface area (Å²) in [5.41, 5.74) is 5.83. The first-order valence-corrected chi connectivity index (χ1v) is 9.75. The second-order valence-corrected chi connectivity index (χ2v) is 6.81. The van der Waals surface area contributed by atoms with Crippen LogP contribution in [-0.4, -0.2) is 31.8 Å². The molecule has 0 amide bonds. The van der Waals surface area contributed by atoms with E-state index in [4.69, 9.17) is 9.52 Å². The predicted octanol–water partition coefficient (Wildman–Crippen LogP) is 4.05. The Labute approximate surface area is 186 Å². The molecule has 2 aromatic rings. The van der Waals surface area contributed by atoms with Crippen molar-refractivity contribution in [2.24, 2.45) is 4.99 Å². The van der Waals surface area contributed by atoms with Crippen molar-refractivity contribution >= 4 is 35.6 Å². The monoisotopic (exact) mass is 499 g/mol. The number of anilines is 1. The van der Waals surface area contributed by atoms with E-state index in [2.05, 4.69) is 80.7 Å². The van der Waals surface area contributed by atoms with E-state index in [1.165, 1.54) is 16.8 Å². The van der Waals surface area contributed by atoms with Crippen LogP contribution in [0.1, 0.15) is 48.9 Å². The van der Waals surface area contributed by atoms with Crippen molar-refractivity contribution < 1.29 is 4.52 Å². The molecule has 1 aromatic heterocycles. The molecule has 2 rings (SSSR count). The molecule has 2 N–H and O–H groups in total. The van der Waals surface area contributed by atoms with Gasteiger partial charge in [-0.2, -0.15) is 0 Å². The van der Waals surface area contributed by atoms with Crippen molar-refractivity contribution in [3.05, 3.63) is 46.3 Å². The van der Waals surface area contributed by atoms with Crippen LogP contribution < -0.4 is 15.5 Å². The number of nitrogens with zero attached hydrogens (tertiary/aromatic N) is 3. The van der Waals surface area contributed by atoms with Gasteiger partial charge in [-0.25, -0.2) is 4.99 Å². The fourth-order valence-corrected chi connectivity index (χ4v) is 3.04. The van der Waals surface area contributed by atoms with Crippen LogP contribution in [0.25, 0.3) is 0 Å². The first-order chi connectivity index (χ1) is 13.0. The summed E-state index contributed by atoms with van der Waals surface area (Å²) in [4.78, 5) is 6.92. The van der Waals surface area contributed by atoms with Gasteiger partial charge in [0.15, 0.2) is 5.96 Å². The molecule has 7 heteroatoms. The van der Waals surface area contributed by atoms with E-state index in [1.807, 2.05) is 0 Å². The van der Waals surface area contributed by atoms with E-state index >= 15 is 0 Å². The first kappa shape index (κ1) is 24.3. The minimum Gasteiger partial charge on any atom is -0.377 e. The number of hydrogen-bond donors (Lipinski definition) is 2. The normalized spacial score (nSPS) is 11.1. The van der Waals surface area contributed by atoms with E-state index in [0.29, 0.717) is 13.1 Å². The average Bonchev–Trinajstić information content (AvgIpc) is 3.06. The summed E-state index contributed by atoms with van der Waals surface area (Å²) < 4.78 is 5.45. The lowest BCUT2D eigenvalue weighted by Crippen LogP contribution is -2.37. The Morgan fingerprint density at radius 1 is 1.14 bits per heavy atom. The second-order valence-electron chi connectivity index (χ2n) is 6.81. The van der Waals surface area contributed by atoms with E-state index in [1.54, 1.807) is 0 Å². The molecule has 0 aliphatic heterocycles. The Morgan fingerprint density at radius 2 is 1.89 bits per heavy atom. The molecule has 0 aliphatic rings. The molecular weight excluding hydrogens is 465 g/mol. The number of aromatic nitrogens is 1. The zero-order valence-corrected chi connectivity index (χ0v) is 20.3. The van der Waals surface area contributed by atoms with Crippen molar-refractivity contribution in [1.82, 2.24) is 15.8 Å². The molecule has 0 bridgehead atoms. The molecule has 0 atom stereocenters. The van der Waals surface area contributed by atoms with E-state index in [-0.39, 0.29) is 24.0 Å². The van der Waals surface area contributed by atoms with Gasteiger partial charge < -0.3 is 20.1 Å². The Balaban J connectivity index is 0.00000392. The SMILES string of the molecule is CCNC(=NCc1ccc(C)cc1N(C)C)NCc1c(CC)noc1CC.I. The highest BCUT2D eigenvalue weighted by Gasteiger charge is 2.13. The molecule has 1 heterocycles. The van der Waals surface area contributed by atoms with Crippen LogP contribution in [0.3, 0.4) is 0 Å². The molecule has 0 saturated heterocycles. The van der Waals surface area contributed by atoms with Gasteiger partial charge >= 0.3 is 0 Å². The molecular formula is C21H34IN5O. The summed E-state index contributed by atoms with van der Waals surface area (Å²) in [6.45, 7) is 10.5. The fraction of sp³-hybridized carbons (Fsp3) is 0.524. The smallest absolute Gasteiger partial charge is 0.191 e. The Morgan fingerprint density at radius 3 is 2.50 bits per heavy atom. The van der Waals surface area contributed by atoms with Crippen LogP contribution in [0.15, 0.2) is 27.7 Å². The Kier molecular flexibility index (Phi) is 10.3. The third-order valence-electron chi connectivity index (χ3n) is 4.51. The minimum atomic E-state index is 0. The van der Waals surface area contributed by atoms with Gasteiger partial charge in [0.2, 0.25) is 0 Å². The fourth-order valence-electron chi connectivity index (χ4n) is 3.04. The van der Waals surface area contributed by atoms with Gasteiger partial charge in [0, 0.05) is 44.9 Å². The quantitative estimate of drug-likeness (QED) is 0.326. The summed E-state index contributed by atoms with van der Waals surface area (Å²) in [7, 11) is 4.13. The Hall–Kier alpha value is -1.77. The van der Waals surface area contributed by atoms with Gasteiger partial charge in [0.1, 0.15) is 5.76 Å². The van der Waals surface area contributed by atoms with Crippen molar-refractivity contribution in [2.45, 2.75) is 53.6 Å². The maximum Gasteiger partial charge on any atom is 0.191 e. The van der Waals surface area contributed by atoms with Gasteiger partial charge in [-0.1, -0.05) is 31.1 Å². The summed E-state index contributed by atoms with van der Waals surface area (Å²) in [6.07, 6.45) is 1.71. The number of benzene rings is 1. The summed E-state index contributed by atoms with van der Waals surface area (Å²) in [5, 5.41) is 10.9. The second kappa shape index (κ2) is 11.9. The van der Waals surface area contributed by atoms with Gasteiger partial charge in [0.05, 0.1) is 12.2 Å². The third-order valence-corrected chi connectivity index (χ3v) is 4.51. The number of rotatable bonds is 8. The number of halogens is 1. The summed E-state index contributed by atoms with van der Waals surface area (Å²) in [5.74, 6) is 1.75. The van der Waals surface area contributed by atoms with Gasteiger partial charge in [-0.05, 0) is 37.5 Å². The lowest BCUT2D eigenvalue weighted by molar-refractivity contribution is 0.380. The lowest BCUT2D eigenvalue weighted by Gasteiger charge is -2.18. The number of guanidine groups is 1. The lowest BCUT2D eigenvalue weighted by atomic mass is 10.1. The molecule has 28 heavy (non-hydrogen) atoms. The number of aliphatic imine (C=N–C) groups is 1. The van der Waals surface area contributed by atoms with E-state index < -0.39 is 0 Å². The van der Waals surface area contributed by atoms with E-state index in [0.717, 1.165) is 42.4 Å². The number of aryl methyl sites for hydroxylation is 3. The molecule has 0 saturated carbocycles. The van der Waals surface area contributed by atoms with Crippen molar-refractivity contribution in [2.75, 3.05) is 25.5 Å². The standard InChI is InChI=1S/C21H33N5O.HI/c1-7-18-17(20(8-2)27-25-18)14-24-21(22-9-3)23-13-16-11-10-15(4)12-19(16)26(5)6;/h10-12H,7-9,13-14H2,1-6H3,(H2,22,23,24);1H. The maximum atomic E-state index is 5.45. The van der Waals surface area contributed by atoms with Crippen LogP contribution in [0.4, 0.5) is 5.69 Å². The minimum absolute atomic E-state index is 0. The highest BCUT2D eigenvalue weighted by molar-refractivity contribution is 14.0. The molecule has 0 aliphatic carbocycles. The van der Waals surface area contributed by atoms with Crippen LogP contribution in [0.5, 0.6) is 0 Å². The maximum absolute atomic E-state index is 5.45. The topological polar surface area (TPSA) is 65.7 Å². The zero-order chi connectivity index (χ0) is 19.8. The molecule has 0 radical (unpaired) electrons. The van der Waals surface area contributed by atoms with Crippen molar-refractivity contribution in [1.29, 1.82) is 0 Å². The molecule has 6 nitrogen and oxygen atoms in total. The molecule has 1 aromatic carbocycles. The summed E-state index contributed by atoms with van der Waals surface area (Å²) in [6, 6.07) is 6.49. The average molecular weight is 499 g/mol. The van der Waals surface area contributed by atoms with Gasteiger partial charge in [-0.3, -0.25) is 0 Å². The van der Waals surface area contributed by atoms with Crippen molar-refractivity contribution in [3.8, 4) is 0 Å². The predicted molar refractivity (Wildman–Crippen MR) is 128 cm³/mol. The van der Waals surface area contributed by atoms with Gasteiger partial charge in [-0.15, -0.1) is 24.0 Å². The van der Waals surface area contributed by atoms with Gasteiger partial charge in [0.25, 0.3) is 0 Å². The zero-order valence-electron chi connectivity index (χ0n) is 17.9. The molecule has 0 unspecified atom stereocenters. The van der Waals surface area contributed by atoms with Crippen LogP contribution in [0.2, 0.25) is 0 Å². The molecule has 156 valence electrons.